The van der Waals surface area contributed by atoms with Crippen molar-refractivity contribution in [1.29, 1.82) is 0 Å². The van der Waals surface area contributed by atoms with E-state index in [-0.39, 0.29) is 0 Å². The molecule has 0 radical (unpaired) electrons. The minimum absolute atomic E-state index is 0.405. The molecule has 290 valence electrons. The molecule has 12 N–H and O–H groups in total. The van der Waals surface area contributed by atoms with E-state index in [2.05, 4.69) is 0 Å². The van der Waals surface area contributed by atoms with Crippen LogP contribution in [-0.4, -0.2) is 230 Å². The molecule has 5 saturated heterocycles. The van der Waals surface area contributed by atoms with Crippen molar-refractivity contribution >= 4 is 5.97 Å². The third-order valence-corrected chi connectivity index (χ3v) is 9.03. The van der Waals surface area contributed by atoms with Crippen LogP contribution in [0.4, 0.5) is 0 Å². The molecule has 50 heavy (non-hydrogen) atoms. The first-order chi connectivity index (χ1) is 23.6. The van der Waals surface area contributed by atoms with Gasteiger partial charge in [0.15, 0.2) is 37.6 Å². The molecule has 5 aliphatic rings. The summed E-state index contributed by atoms with van der Waals surface area (Å²) in [6.45, 7) is -1.92. The van der Waals surface area contributed by atoms with E-state index < -0.39 is 162 Å². The summed E-state index contributed by atoms with van der Waals surface area (Å²) in [5, 5.41) is 124. The average molecular weight is 737 g/mol. The zero-order valence-corrected chi connectivity index (χ0v) is 26.3. The van der Waals surface area contributed by atoms with Crippen molar-refractivity contribution in [1.82, 2.24) is 0 Å². The van der Waals surface area contributed by atoms with Gasteiger partial charge < -0.3 is 109 Å². The highest BCUT2D eigenvalue weighted by Gasteiger charge is 2.54. The largest absolute Gasteiger partial charge is 0.479 e. The molecule has 0 aromatic heterocycles. The molecule has 5 heterocycles. The van der Waals surface area contributed by atoms with Gasteiger partial charge in [-0.3, -0.25) is 0 Å². The molecule has 5 fully saturated rings. The molecule has 5 rings (SSSR count). The van der Waals surface area contributed by atoms with E-state index in [1.807, 2.05) is 0 Å². The molecule has 5 aliphatic heterocycles. The van der Waals surface area contributed by atoms with Crippen molar-refractivity contribution in [2.24, 2.45) is 0 Å². The Labute approximate surface area is 282 Å². The van der Waals surface area contributed by atoms with Crippen molar-refractivity contribution in [2.45, 2.75) is 129 Å². The number of ether oxygens (including phenoxy) is 10. The number of aliphatic carboxylic acids is 1. The van der Waals surface area contributed by atoms with Crippen molar-refractivity contribution < 1.29 is 113 Å². The topological polar surface area (TPSA) is 352 Å². The molecule has 21 atom stereocenters. The van der Waals surface area contributed by atoms with Crippen LogP contribution in [0.25, 0.3) is 0 Å². The van der Waals surface area contributed by atoms with Crippen LogP contribution in [0.2, 0.25) is 0 Å². The second-order valence-electron chi connectivity index (χ2n) is 12.4. The predicted octanol–water partition coefficient (Wildman–Crippen LogP) is -8.62. The lowest BCUT2D eigenvalue weighted by Gasteiger charge is -2.47. The summed E-state index contributed by atoms with van der Waals surface area (Å²) in [6, 6.07) is 0. The molecular formula is C27H44O23. The van der Waals surface area contributed by atoms with Crippen LogP contribution in [0.15, 0.2) is 0 Å². The van der Waals surface area contributed by atoms with Gasteiger partial charge in [-0.1, -0.05) is 0 Å². The molecule has 0 bridgehead atoms. The number of methoxy groups -OCH3 is 1. The third kappa shape index (κ3) is 8.23. The van der Waals surface area contributed by atoms with Gasteiger partial charge in [0, 0.05) is 7.11 Å². The van der Waals surface area contributed by atoms with E-state index in [0.29, 0.717) is 0 Å². The van der Waals surface area contributed by atoms with Gasteiger partial charge in [0.1, 0.15) is 91.6 Å². The highest BCUT2D eigenvalue weighted by atomic mass is 16.8. The van der Waals surface area contributed by atoms with Crippen LogP contribution in [0.5, 0.6) is 0 Å². The summed E-state index contributed by atoms with van der Waals surface area (Å²) in [7, 11) is 1.07. The number of carboxylic acid groups (broad SMARTS) is 1. The van der Waals surface area contributed by atoms with Gasteiger partial charge in [0.2, 0.25) is 0 Å². The Bertz CT molecular complexity index is 1100. The Hall–Kier alpha value is -1.37. The molecule has 0 spiro atoms. The fourth-order valence-electron chi connectivity index (χ4n) is 6.02. The zero-order chi connectivity index (χ0) is 36.6. The summed E-state index contributed by atoms with van der Waals surface area (Å²) < 4.78 is 54.2. The second-order valence-corrected chi connectivity index (χ2v) is 12.4. The number of aliphatic hydroxyl groups is 11. The first kappa shape index (κ1) is 39.8. The highest BCUT2D eigenvalue weighted by molar-refractivity contribution is 5.73. The number of hydrogen-bond acceptors (Lipinski definition) is 22. The quantitative estimate of drug-likeness (QED) is 0.0990. The smallest absolute Gasteiger partial charge is 0.335 e. The SMILES string of the molecule is CO[C@H]1[C@H](O)[C@@H](O)[C@@H](O[C@H]2[C@H](O[C@@H]3CO[C@@H](O[C@@H]4CO[C@@H](O)[C@H](O)[C@H]4O)[C@H](O)[C@H]3O)OC[C@@H](O[C@@H]3OC[C@@H](O)[C@H](O)[C@H]3O)[C@@H]2O)O[C@@H]1C(=O)O. The van der Waals surface area contributed by atoms with Crippen molar-refractivity contribution in [2.75, 3.05) is 33.5 Å². The van der Waals surface area contributed by atoms with Gasteiger partial charge in [0.25, 0.3) is 0 Å². The first-order valence-electron chi connectivity index (χ1n) is 15.6. The second kappa shape index (κ2) is 16.8. The van der Waals surface area contributed by atoms with Crippen molar-refractivity contribution in [3.63, 3.8) is 0 Å². The van der Waals surface area contributed by atoms with Crippen molar-refractivity contribution in [3.8, 4) is 0 Å². The van der Waals surface area contributed by atoms with Gasteiger partial charge in [-0.05, 0) is 0 Å². The molecule has 0 saturated carbocycles. The lowest BCUT2D eigenvalue weighted by molar-refractivity contribution is -0.382. The maximum absolute atomic E-state index is 11.9. The molecule has 0 amide bonds. The van der Waals surface area contributed by atoms with Crippen molar-refractivity contribution in [3.05, 3.63) is 0 Å². The van der Waals surface area contributed by atoms with E-state index in [1.54, 1.807) is 0 Å². The van der Waals surface area contributed by atoms with Gasteiger partial charge in [0.05, 0.1) is 26.4 Å². The Balaban J connectivity index is 1.30. The predicted molar refractivity (Wildman–Crippen MR) is 148 cm³/mol. The van der Waals surface area contributed by atoms with Crippen LogP contribution in [0, 0.1) is 0 Å². The fraction of sp³-hybridized carbons (Fsp3) is 0.963. The van der Waals surface area contributed by atoms with E-state index in [1.165, 1.54) is 0 Å². The van der Waals surface area contributed by atoms with Gasteiger partial charge in [-0.15, -0.1) is 0 Å². The standard InChI is InChI=1S/C27H44O23/c1-41-19-14(33)18(37)26(50-21(19)22(38)39)49-20-13(32)9(47-24-16(35)10(29)6(28)2-43-24)5-45-27(20)48-8-4-44-25(17(36)12(8)31)46-7-3-42-23(40)15(34)11(7)30/h6-21,23-37,40H,2-5H2,1H3,(H,38,39)/t6-,7-,8-,9-,10+,11+,12+,13+,14-,15-,16-,17-,18-,19+,20-,21+,23-,24+,25+,26+,27+/m1/s1. The highest BCUT2D eigenvalue weighted by Crippen LogP contribution is 2.33. The van der Waals surface area contributed by atoms with Crippen LogP contribution < -0.4 is 0 Å². The van der Waals surface area contributed by atoms with Crippen LogP contribution >= 0.6 is 0 Å². The Morgan fingerprint density at radius 2 is 0.980 bits per heavy atom. The molecule has 23 heteroatoms. The zero-order valence-electron chi connectivity index (χ0n) is 26.3. The molecule has 0 aromatic carbocycles. The Morgan fingerprint density at radius 3 is 1.58 bits per heavy atom. The van der Waals surface area contributed by atoms with Gasteiger partial charge >= 0.3 is 5.97 Å². The summed E-state index contributed by atoms with van der Waals surface area (Å²) >= 11 is 0. The first-order valence-corrected chi connectivity index (χ1v) is 15.6. The Kier molecular flexibility index (Phi) is 13.3. The maximum Gasteiger partial charge on any atom is 0.335 e. The lowest BCUT2D eigenvalue weighted by Crippen LogP contribution is -2.65. The van der Waals surface area contributed by atoms with E-state index in [0.717, 1.165) is 7.11 Å². The summed E-state index contributed by atoms with van der Waals surface area (Å²) in [5.41, 5.74) is 0. The molecular weight excluding hydrogens is 692 g/mol. The number of aliphatic hydroxyl groups excluding tert-OH is 11. The van der Waals surface area contributed by atoms with E-state index >= 15 is 0 Å². The minimum Gasteiger partial charge on any atom is -0.479 e. The van der Waals surface area contributed by atoms with Crippen LogP contribution in [0.3, 0.4) is 0 Å². The van der Waals surface area contributed by atoms with Crippen LogP contribution in [0.1, 0.15) is 0 Å². The average Bonchev–Trinajstić information content (AvgIpc) is 3.08. The fourth-order valence-corrected chi connectivity index (χ4v) is 6.02. The number of carboxylic acids is 1. The monoisotopic (exact) mass is 736 g/mol. The van der Waals surface area contributed by atoms with E-state index in [4.69, 9.17) is 47.4 Å². The molecule has 0 unspecified atom stereocenters. The van der Waals surface area contributed by atoms with Gasteiger partial charge in [-0.2, -0.15) is 0 Å². The number of hydrogen-bond donors (Lipinski definition) is 12. The summed E-state index contributed by atoms with van der Waals surface area (Å²) in [4.78, 5) is 11.9. The Morgan fingerprint density at radius 1 is 0.500 bits per heavy atom. The molecule has 23 nitrogen and oxygen atoms in total. The van der Waals surface area contributed by atoms with Crippen LogP contribution in [-0.2, 0) is 52.2 Å². The summed E-state index contributed by atoms with van der Waals surface area (Å²) in [6.07, 6.45) is -35.6. The molecule has 0 aromatic rings. The maximum atomic E-state index is 11.9. The van der Waals surface area contributed by atoms with E-state index in [9.17, 15) is 66.1 Å². The lowest BCUT2D eigenvalue weighted by atomic mass is 9.98. The molecule has 0 aliphatic carbocycles. The minimum atomic E-state index is -1.98. The number of carbonyl (C=O) groups is 1. The number of rotatable bonds is 10. The third-order valence-electron chi connectivity index (χ3n) is 9.03. The summed E-state index contributed by atoms with van der Waals surface area (Å²) in [5.74, 6) is -1.60. The van der Waals surface area contributed by atoms with Gasteiger partial charge in [-0.25, -0.2) is 4.79 Å². The normalized spacial score (nSPS) is 52.0.